The number of nitriles is 1. The summed E-state index contributed by atoms with van der Waals surface area (Å²) in [5.74, 6) is 0.127. The van der Waals surface area contributed by atoms with Gasteiger partial charge in [-0.15, -0.1) is 0 Å². The molecule has 5 heteroatoms. The molecule has 0 N–H and O–H groups in total. The maximum atomic E-state index is 12.0. The van der Waals surface area contributed by atoms with E-state index < -0.39 is 5.92 Å². The number of carbonyl (C=O) groups is 1. The Bertz CT molecular complexity index is 436. The normalized spacial score (nSPS) is 11.9. The van der Waals surface area contributed by atoms with Crippen molar-refractivity contribution in [1.29, 1.82) is 5.26 Å². The van der Waals surface area contributed by atoms with Crippen LogP contribution in [-0.4, -0.2) is 29.1 Å². The van der Waals surface area contributed by atoms with Crippen LogP contribution in [0.3, 0.4) is 0 Å². The van der Waals surface area contributed by atoms with Gasteiger partial charge in [0.25, 0.3) is 0 Å². The Kier molecular flexibility index (Phi) is 4.90. The van der Waals surface area contributed by atoms with Crippen molar-refractivity contribution < 1.29 is 9.32 Å². The van der Waals surface area contributed by atoms with Gasteiger partial charge in [0, 0.05) is 25.1 Å². The molecule has 0 fully saturated rings. The van der Waals surface area contributed by atoms with Crippen LogP contribution in [0.5, 0.6) is 0 Å². The van der Waals surface area contributed by atoms with E-state index >= 15 is 0 Å². The third-order valence-electron chi connectivity index (χ3n) is 3.09. The first-order valence-corrected chi connectivity index (χ1v) is 6.15. The van der Waals surface area contributed by atoms with Gasteiger partial charge in [-0.1, -0.05) is 5.16 Å². The minimum absolute atomic E-state index is 0.00782. The van der Waals surface area contributed by atoms with Crippen LogP contribution in [0.2, 0.25) is 0 Å². The van der Waals surface area contributed by atoms with Crippen molar-refractivity contribution in [1.82, 2.24) is 10.1 Å². The van der Waals surface area contributed by atoms with E-state index in [9.17, 15) is 10.1 Å². The molecule has 0 radical (unpaired) electrons. The molecule has 0 aliphatic carbocycles. The fraction of sp³-hybridized carbons (Fsp3) is 0.615. The van der Waals surface area contributed by atoms with E-state index in [0.717, 1.165) is 5.56 Å². The predicted molar refractivity (Wildman–Crippen MR) is 66.9 cm³/mol. The van der Waals surface area contributed by atoms with E-state index in [1.807, 2.05) is 13.8 Å². The molecule has 0 aliphatic heterocycles. The van der Waals surface area contributed by atoms with Crippen LogP contribution < -0.4 is 0 Å². The van der Waals surface area contributed by atoms with Gasteiger partial charge >= 0.3 is 0 Å². The molecule has 0 aliphatic rings. The van der Waals surface area contributed by atoms with Crippen LogP contribution in [0.4, 0.5) is 0 Å². The largest absolute Gasteiger partial charge is 0.361 e. The zero-order valence-electron chi connectivity index (χ0n) is 11.4. The summed E-state index contributed by atoms with van der Waals surface area (Å²) in [6, 6.07) is 2.17. The third-order valence-corrected chi connectivity index (χ3v) is 3.09. The van der Waals surface area contributed by atoms with Crippen molar-refractivity contribution in [2.24, 2.45) is 0 Å². The maximum Gasteiger partial charge on any atom is 0.224 e. The van der Waals surface area contributed by atoms with Gasteiger partial charge in [-0.25, -0.2) is 0 Å². The Morgan fingerprint density at radius 1 is 1.44 bits per heavy atom. The van der Waals surface area contributed by atoms with Crippen LogP contribution in [0.15, 0.2) is 4.52 Å². The van der Waals surface area contributed by atoms with Gasteiger partial charge in [0.2, 0.25) is 5.91 Å². The zero-order chi connectivity index (χ0) is 13.7. The molecule has 5 nitrogen and oxygen atoms in total. The molecular formula is C13H19N3O2. The first kappa shape index (κ1) is 14.2. The summed E-state index contributed by atoms with van der Waals surface area (Å²) >= 11 is 0. The maximum absolute atomic E-state index is 12.0. The van der Waals surface area contributed by atoms with Gasteiger partial charge in [-0.2, -0.15) is 5.26 Å². The lowest BCUT2D eigenvalue weighted by molar-refractivity contribution is -0.130. The summed E-state index contributed by atoms with van der Waals surface area (Å²) in [4.78, 5) is 13.7. The minimum atomic E-state index is -0.482. The molecular weight excluding hydrogens is 230 g/mol. The highest BCUT2D eigenvalue weighted by Crippen LogP contribution is 2.26. The van der Waals surface area contributed by atoms with Gasteiger partial charge in [-0.3, -0.25) is 4.79 Å². The summed E-state index contributed by atoms with van der Waals surface area (Å²) in [6.07, 6.45) is 0.182. The van der Waals surface area contributed by atoms with Crippen LogP contribution in [-0.2, 0) is 4.79 Å². The molecule has 1 rings (SSSR count). The van der Waals surface area contributed by atoms with E-state index in [1.165, 1.54) is 0 Å². The van der Waals surface area contributed by atoms with Gasteiger partial charge in [0.1, 0.15) is 5.76 Å². The average Bonchev–Trinajstić information content (AvgIpc) is 2.68. The SMILES string of the molecule is CCN(CC)C(=O)CC(C#N)c1c(C)noc1C. The Morgan fingerprint density at radius 3 is 2.44 bits per heavy atom. The summed E-state index contributed by atoms with van der Waals surface area (Å²) in [6.45, 7) is 8.74. The molecule has 1 amide bonds. The topological polar surface area (TPSA) is 70.1 Å². The number of nitrogens with zero attached hydrogens (tertiary/aromatic N) is 3. The van der Waals surface area contributed by atoms with E-state index in [0.29, 0.717) is 24.5 Å². The van der Waals surface area contributed by atoms with E-state index in [-0.39, 0.29) is 12.3 Å². The molecule has 1 aromatic rings. The number of hydrogen-bond acceptors (Lipinski definition) is 4. The average molecular weight is 249 g/mol. The highest BCUT2D eigenvalue weighted by atomic mass is 16.5. The van der Waals surface area contributed by atoms with Crippen LogP contribution in [0, 0.1) is 25.2 Å². The Labute approximate surface area is 107 Å². The van der Waals surface area contributed by atoms with Crippen molar-refractivity contribution in [2.45, 2.75) is 40.0 Å². The summed E-state index contributed by atoms with van der Waals surface area (Å²) in [5.41, 5.74) is 1.43. The molecule has 0 saturated carbocycles. The number of hydrogen-bond donors (Lipinski definition) is 0. The van der Waals surface area contributed by atoms with Crippen molar-refractivity contribution in [2.75, 3.05) is 13.1 Å². The fourth-order valence-electron chi connectivity index (χ4n) is 2.08. The predicted octanol–water partition coefficient (Wildman–Crippen LogP) is 2.16. The lowest BCUT2D eigenvalue weighted by atomic mass is 9.95. The zero-order valence-corrected chi connectivity index (χ0v) is 11.4. The molecule has 1 unspecified atom stereocenters. The number of aromatic nitrogens is 1. The van der Waals surface area contributed by atoms with E-state index in [1.54, 1.807) is 18.7 Å². The molecule has 1 heterocycles. The van der Waals surface area contributed by atoms with Crippen molar-refractivity contribution in [3.63, 3.8) is 0 Å². The molecule has 98 valence electrons. The lowest BCUT2D eigenvalue weighted by Gasteiger charge is -2.20. The Balaban J connectivity index is 2.87. The van der Waals surface area contributed by atoms with Gasteiger partial charge in [0.15, 0.2) is 0 Å². The molecule has 0 saturated heterocycles. The summed E-state index contributed by atoms with van der Waals surface area (Å²) in [7, 11) is 0. The molecule has 1 atom stereocenters. The second-order valence-electron chi connectivity index (χ2n) is 4.19. The lowest BCUT2D eigenvalue weighted by Crippen LogP contribution is -2.31. The number of rotatable bonds is 5. The first-order chi connectivity index (χ1) is 8.54. The van der Waals surface area contributed by atoms with Gasteiger partial charge in [0.05, 0.1) is 17.7 Å². The van der Waals surface area contributed by atoms with E-state index in [2.05, 4.69) is 11.2 Å². The van der Waals surface area contributed by atoms with Crippen molar-refractivity contribution in [3.05, 3.63) is 17.0 Å². The van der Waals surface area contributed by atoms with Gasteiger partial charge < -0.3 is 9.42 Å². The number of aryl methyl sites for hydroxylation is 2. The highest BCUT2D eigenvalue weighted by Gasteiger charge is 2.24. The summed E-state index contributed by atoms with van der Waals surface area (Å²) < 4.78 is 5.05. The molecule has 0 aromatic carbocycles. The second-order valence-corrected chi connectivity index (χ2v) is 4.19. The summed E-state index contributed by atoms with van der Waals surface area (Å²) in [5, 5.41) is 13.1. The molecule has 0 bridgehead atoms. The molecule has 0 spiro atoms. The van der Waals surface area contributed by atoms with Crippen molar-refractivity contribution in [3.8, 4) is 6.07 Å². The minimum Gasteiger partial charge on any atom is -0.361 e. The highest BCUT2D eigenvalue weighted by molar-refractivity contribution is 5.77. The first-order valence-electron chi connectivity index (χ1n) is 6.15. The smallest absolute Gasteiger partial charge is 0.224 e. The van der Waals surface area contributed by atoms with Crippen LogP contribution >= 0.6 is 0 Å². The van der Waals surface area contributed by atoms with Gasteiger partial charge in [-0.05, 0) is 27.7 Å². The van der Waals surface area contributed by atoms with Crippen LogP contribution in [0.1, 0.15) is 43.2 Å². The monoisotopic (exact) mass is 249 g/mol. The fourth-order valence-corrected chi connectivity index (χ4v) is 2.08. The second kappa shape index (κ2) is 6.20. The number of carbonyl (C=O) groups excluding carboxylic acids is 1. The standard InChI is InChI=1S/C13H19N3O2/c1-5-16(6-2)12(17)7-11(8-14)13-9(3)15-18-10(13)4/h11H,5-7H2,1-4H3. The molecule has 18 heavy (non-hydrogen) atoms. The van der Waals surface area contributed by atoms with E-state index in [4.69, 9.17) is 4.52 Å². The number of amides is 1. The van der Waals surface area contributed by atoms with Crippen LogP contribution in [0.25, 0.3) is 0 Å². The molecule has 1 aromatic heterocycles. The Hall–Kier alpha value is -1.83. The Morgan fingerprint density at radius 2 is 2.06 bits per heavy atom. The third kappa shape index (κ3) is 2.89. The quantitative estimate of drug-likeness (QED) is 0.801. The van der Waals surface area contributed by atoms with Crippen molar-refractivity contribution >= 4 is 5.91 Å².